The lowest BCUT2D eigenvalue weighted by atomic mass is 9.96. The van der Waals surface area contributed by atoms with Crippen molar-refractivity contribution in [1.82, 2.24) is 9.66 Å². The van der Waals surface area contributed by atoms with Crippen molar-refractivity contribution in [3.05, 3.63) is 85.7 Å². The summed E-state index contributed by atoms with van der Waals surface area (Å²) >= 11 is 0. The predicted octanol–water partition coefficient (Wildman–Crippen LogP) is 5.54. The fourth-order valence-electron chi connectivity index (χ4n) is 4.52. The molecule has 0 spiro atoms. The number of hydrogen-bond donors (Lipinski definition) is 1. The van der Waals surface area contributed by atoms with Crippen LogP contribution in [0.5, 0.6) is 17.2 Å². The number of hydrogen-bond acceptors (Lipinski definition) is 9. The van der Waals surface area contributed by atoms with E-state index in [1.165, 1.54) is 25.3 Å². The molecule has 0 bridgehead atoms. The fourth-order valence-corrected chi connectivity index (χ4v) is 4.52. The minimum absolute atomic E-state index is 0.0389. The van der Waals surface area contributed by atoms with E-state index in [4.69, 9.17) is 19.2 Å². The van der Waals surface area contributed by atoms with Crippen LogP contribution in [0.1, 0.15) is 50.3 Å². The highest BCUT2D eigenvalue weighted by molar-refractivity contribution is 5.85. The molecule has 0 unspecified atom stereocenters. The van der Waals surface area contributed by atoms with Crippen molar-refractivity contribution in [3.8, 4) is 28.6 Å². The van der Waals surface area contributed by atoms with Crippen LogP contribution in [0.2, 0.25) is 0 Å². The van der Waals surface area contributed by atoms with Crippen molar-refractivity contribution in [2.24, 2.45) is 5.10 Å². The first-order chi connectivity index (χ1) is 20.5. The monoisotopic (exact) mass is 588 g/mol. The third kappa shape index (κ3) is 6.32. The van der Waals surface area contributed by atoms with Gasteiger partial charge in [-0.15, -0.1) is 0 Å². The van der Waals surface area contributed by atoms with Gasteiger partial charge in [0.05, 0.1) is 35.8 Å². The van der Waals surface area contributed by atoms with Gasteiger partial charge in [0, 0.05) is 17.2 Å². The lowest BCUT2D eigenvalue weighted by molar-refractivity contribution is -0.386. The van der Waals surface area contributed by atoms with Crippen molar-refractivity contribution >= 4 is 28.8 Å². The van der Waals surface area contributed by atoms with Gasteiger partial charge in [0.25, 0.3) is 5.56 Å². The summed E-state index contributed by atoms with van der Waals surface area (Å²) in [6.07, 6.45) is -0.0885. The number of fused-ring (bicyclic) bond motifs is 1. The zero-order chi connectivity index (χ0) is 31.4. The molecule has 43 heavy (non-hydrogen) atoms. The smallest absolute Gasteiger partial charge is 0.344 e. The van der Waals surface area contributed by atoms with Gasteiger partial charge in [0.1, 0.15) is 5.75 Å². The number of methoxy groups -OCH3 is 1. The molecule has 0 aliphatic carbocycles. The summed E-state index contributed by atoms with van der Waals surface area (Å²) in [6.45, 7) is 9.00. The van der Waals surface area contributed by atoms with Crippen LogP contribution in [-0.4, -0.2) is 51.7 Å². The van der Waals surface area contributed by atoms with Crippen LogP contribution in [0, 0.1) is 17.0 Å². The molecular weight excluding hydrogens is 556 g/mol. The van der Waals surface area contributed by atoms with Crippen LogP contribution in [0.25, 0.3) is 22.3 Å². The lowest BCUT2D eigenvalue weighted by Crippen LogP contribution is -2.23. The Labute approximate surface area is 247 Å². The highest BCUT2D eigenvalue weighted by atomic mass is 16.6. The van der Waals surface area contributed by atoms with Crippen molar-refractivity contribution in [2.45, 2.75) is 46.6 Å². The Balaban J connectivity index is 1.95. The molecule has 12 nitrogen and oxygen atoms in total. The van der Waals surface area contributed by atoms with Gasteiger partial charge in [0.2, 0.25) is 5.75 Å². The fraction of sp³-hybridized carbons (Fsp3) is 0.290. The number of aliphatic carboxylic acids is 1. The average molecular weight is 589 g/mol. The van der Waals surface area contributed by atoms with E-state index in [9.17, 15) is 24.8 Å². The molecule has 0 saturated carbocycles. The van der Waals surface area contributed by atoms with Gasteiger partial charge in [0.15, 0.2) is 17.7 Å². The summed E-state index contributed by atoms with van der Waals surface area (Å²) < 4.78 is 17.7. The molecule has 1 aromatic heterocycles. The molecule has 0 amide bonds. The first-order valence-electron chi connectivity index (χ1n) is 13.6. The molecule has 4 rings (SSSR count). The van der Waals surface area contributed by atoms with Gasteiger partial charge in [-0.1, -0.05) is 26.0 Å². The Hall–Kier alpha value is -5.26. The minimum atomic E-state index is -1.37. The number of aryl methyl sites for hydroxylation is 1. The van der Waals surface area contributed by atoms with Crippen LogP contribution in [0.3, 0.4) is 0 Å². The van der Waals surface area contributed by atoms with Gasteiger partial charge in [-0.25, -0.2) is 9.78 Å². The zero-order valence-electron chi connectivity index (χ0n) is 24.7. The first kappa shape index (κ1) is 30.7. The molecule has 12 heteroatoms. The molecule has 0 aliphatic heterocycles. The standard InChI is InChI=1S/C31H32N4O8/c1-7-42-27-14-20(13-25(35(39)40)28(27)43-19(5)31(37)38)16-32-34-29(33-24-11-9-8-10-21(24)30(34)36)23-15-22(17(2)3)26(41-6)12-18(23)4/h8-17,19H,7H2,1-6H3,(H,37,38)/t19-/m0/s1. The Morgan fingerprint density at radius 3 is 2.51 bits per heavy atom. The van der Waals surface area contributed by atoms with Crippen molar-refractivity contribution < 1.29 is 29.0 Å². The average Bonchev–Trinajstić information content (AvgIpc) is 2.97. The van der Waals surface area contributed by atoms with Gasteiger partial charge in [-0.3, -0.25) is 14.9 Å². The molecule has 224 valence electrons. The Morgan fingerprint density at radius 2 is 1.88 bits per heavy atom. The number of ether oxygens (including phenoxy) is 3. The summed E-state index contributed by atoms with van der Waals surface area (Å²) in [7, 11) is 1.60. The van der Waals surface area contributed by atoms with E-state index in [1.807, 2.05) is 32.9 Å². The maximum Gasteiger partial charge on any atom is 0.344 e. The number of para-hydroxylation sites is 1. The normalized spacial score (nSPS) is 12.1. The van der Waals surface area contributed by atoms with Gasteiger partial charge < -0.3 is 19.3 Å². The van der Waals surface area contributed by atoms with E-state index < -0.39 is 28.2 Å². The molecule has 1 heterocycles. The number of nitro benzene ring substituents is 1. The van der Waals surface area contributed by atoms with E-state index in [2.05, 4.69) is 5.10 Å². The number of carbonyl (C=O) groups is 1. The van der Waals surface area contributed by atoms with E-state index >= 15 is 0 Å². The second-order valence-electron chi connectivity index (χ2n) is 10.0. The second kappa shape index (κ2) is 12.7. The summed E-state index contributed by atoms with van der Waals surface area (Å²) in [5.74, 6) is -0.559. The van der Waals surface area contributed by atoms with Gasteiger partial charge in [-0.2, -0.15) is 9.78 Å². The molecule has 1 atom stereocenters. The number of carboxylic acids is 1. The Morgan fingerprint density at radius 1 is 1.16 bits per heavy atom. The van der Waals surface area contributed by atoms with Crippen LogP contribution in [-0.2, 0) is 4.79 Å². The maximum atomic E-state index is 13.8. The Bertz CT molecular complexity index is 1800. The zero-order valence-corrected chi connectivity index (χ0v) is 24.7. The quantitative estimate of drug-likeness (QED) is 0.135. The summed E-state index contributed by atoms with van der Waals surface area (Å²) in [6, 6.07) is 13.3. The SMILES string of the molecule is CCOc1cc(C=Nn2c(-c3cc(C(C)C)c(OC)cc3C)nc3ccccc3c2=O)cc([N+](=O)[O-])c1O[C@@H](C)C(=O)O. The number of rotatable bonds is 11. The third-order valence-corrected chi connectivity index (χ3v) is 6.71. The van der Waals surface area contributed by atoms with E-state index in [-0.39, 0.29) is 35.4 Å². The van der Waals surface area contributed by atoms with E-state index in [0.717, 1.165) is 15.8 Å². The highest BCUT2D eigenvalue weighted by Gasteiger charge is 2.26. The molecule has 0 radical (unpaired) electrons. The number of nitrogens with zero attached hydrogens (tertiary/aromatic N) is 4. The maximum absolute atomic E-state index is 13.8. The Kier molecular flexibility index (Phi) is 9.08. The van der Waals surface area contributed by atoms with E-state index in [1.54, 1.807) is 38.3 Å². The molecule has 1 N–H and O–H groups in total. The predicted molar refractivity (Wildman–Crippen MR) is 162 cm³/mol. The molecule has 0 aliphatic rings. The molecule has 0 fully saturated rings. The molecule has 3 aromatic carbocycles. The van der Waals surface area contributed by atoms with Crippen LogP contribution in [0.15, 0.2) is 58.4 Å². The van der Waals surface area contributed by atoms with Gasteiger partial charge >= 0.3 is 11.7 Å². The summed E-state index contributed by atoms with van der Waals surface area (Å²) in [4.78, 5) is 41.2. The highest BCUT2D eigenvalue weighted by Crippen LogP contribution is 2.39. The minimum Gasteiger partial charge on any atom is -0.496 e. The second-order valence-corrected chi connectivity index (χ2v) is 10.0. The molecular formula is C31H32N4O8. The van der Waals surface area contributed by atoms with Crippen molar-refractivity contribution in [1.29, 1.82) is 0 Å². The summed E-state index contributed by atoms with van der Waals surface area (Å²) in [5, 5.41) is 26.0. The summed E-state index contributed by atoms with van der Waals surface area (Å²) in [5.41, 5.74) is 2.13. The first-order valence-corrected chi connectivity index (χ1v) is 13.6. The van der Waals surface area contributed by atoms with Crippen LogP contribution in [0.4, 0.5) is 5.69 Å². The number of nitro groups is 1. The number of carboxylic acid groups (broad SMARTS) is 1. The largest absolute Gasteiger partial charge is 0.496 e. The number of benzene rings is 3. The number of aromatic nitrogens is 2. The third-order valence-electron chi connectivity index (χ3n) is 6.71. The van der Waals surface area contributed by atoms with Gasteiger partial charge in [-0.05, 0) is 68.1 Å². The molecule has 0 saturated heterocycles. The van der Waals surface area contributed by atoms with Crippen LogP contribution < -0.4 is 19.8 Å². The molecule has 4 aromatic rings. The van der Waals surface area contributed by atoms with E-state index in [0.29, 0.717) is 22.2 Å². The lowest BCUT2D eigenvalue weighted by Gasteiger charge is -2.17. The van der Waals surface area contributed by atoms with Crippen molar-refractivity contribution in [2.75, 3.05) is 13.7 Å². The van der Waals surface area contributed by atoms with Crippen molar-refractivity contribution in [3.63, 3.8) is 0 Å². The topological polar surface area (TPSA) is 155 Å². The van der Waals surface area contributed by atoms with Crippen LogP contribution >= 0.6 is 0 Å².